The third-order valence-corrected chi connectivity index (χ3v) is 4.40. The molecule has 2 rings (SSSR count). The number of amides is 2. The Morgan fingerprint density at radius 3 is 2.88 bits per heavy atom. The number of carbonyl (C=O) groups excluding carboxylic acids is 1. The Bertz CT molecular complexity index is 377. The van der Waals surface area contributed by atoms with E-state index in [9.17, 15) is 4.79 Å². The van der Waals surface area contributed by atoms with Crippen molar-refractivity contribution in [3.63, 3.8) is 0 Å². The van der Waals surface area contributed by atoms with Crippen LogP contribution in [0.5, 0.6) is 0 Å². The van der Waals surface area contributed by atoms with E-state index in [1.165, 1.54) is 0 Å². The molecule has 0 radical (unpaired) electrons. The summed E-state index contributed by atoms with van der Waals surface area (Å²) in [5, 5.41) is 0. The summed E-state index contributed by atoms with van der Waals surface area (Å²) in [7, 11) is 0. The number of urea groups is 1. The van der Waals surface area contributed by atoms with Crippen LogP contribution in [0.25, 0.3) is 0 Å². The van der Waals surface area contributed by atoms with Gasteiger partial charge >= 0.3 is 6.03 Å². The second-order valence-electron chi connectivity index (χ2n) is 5.41. The molecule has 0 bridgehead atoms. The van der Waals surface area contributed by atoms with Crippen LogP contribution in [0, 0.1) is 11.8 Å². The Balaban J connectivity index is 2.30. The van der Waals surface area contributed by atoms with Crippen LogP contribution in [0.4, 0.5) is 4.79 Å². The lowest BCUT2D eigenvalue weighted by molar-refractivity contribution is 0.108. The topological polar surface area (TPSA) is 58.7 Å². The van der Waals surface area contributed by atoms with Gasteiger partial charge in [-0.3, -0.25) is 0 Å². The summed E-state index contributed by atoms with van der Waals surface area (Å²) in [5.74, 6) is 1.76. The highest BCUT2D eigenvalue weighted by Crippen LogP contribution is 2.42. The van der Waals surface area contributed by atoms with Gasteiger partial charge in [0.15, 0.2) is 0 Å². The Labute approximate surface area is 103 Å². The van der Waals surface area contributed by atoms with Crippen LogP contribution in [-0.2, 0) is 0 Å². The molecule has 0 saturated heterocycles. The highest BCUT2D eigenvalue weighted by Gasteiger charge is 2.50. The van der Waals surface area contributed by atoms with E-state index in [0.29, 0.717) is 24.2 Å². The van der Waals surface area contributed by atoms with E-state index in [1.807, 2.05) is 0 Å². The molecule has 1 spiro atoms. The van der Waals surface area contributed by atoms with E-state index >= 15 is 0 Å². The zero-order valence-corrected chi connectivity index (χ0v) is 10.6. The molecule has 0 aromatic carbocycles. The van der Waals surface area contributed by atoms with Crippen LogP contribution < -0.4 is 5.73 Å². The molecule has 3 unspecified atom stereocenters. The second-order valence-corrected chi connectivity index (χ2v) is 5.41. The lowest BCUT2D eigenvalue weighted by Crippen LogP contribution is -2.57. The lowest BCUT2D eigenvalue weighted by Gasteiger charge is -2.45. The van der Waals surface area contributed by atoms with Crippen molar-refractivity contribution in [2.45, 2.75) is 38.6 Å². The fourth-order valence-electron chi connectivity index (χ4n) is 3.04. The molecule has 2 amide bonds. The minimum atomic E-state index is -0.336. The monoisotopic (exact) mass is 235 g/mol. The summed E-state index contributed by atoms with van der Waals surface area (Å²) in [6, 6.07) is -0.204. The van der Waals surface area contributed by atoms with Crippen molar-refractivity contribution in [2.75, 3.05) is 6.54 Å². The standard InChI is InChI=1S/C13H21N3O/c1-4-7-16-12(17)15-11(14)13(16)6-5-9(2)10(3)8-13/h4,9-10H,1,5-8H2,2-3H3,(H2,14,15,17). The first-order chi connectivity index (χ1) is 8.01. The number of carbonyl (C=O) groups is 1. The molecule has 1 heterocycles. The van der Waals surface area contributed by atoms with Crippen molar-refractivity contribution in [1.82, 2.24) is 4.90 Å². The van der Waals surface area contributed by atoms with Crippen molar-refractivity contribution in [2.24, 2.45) is 22.6 Å². The molecular formula is C13H21N3O. The van der Waals surface area contributed by atoms with Gasteiger partial charge in [0, 0.05) is 6.54 Å². The van der Waals surface area contributed by atoms with Gasteiger partial charge < -0.3 is 10.6 Å². The third-order valence-electron chi connectivity index (χ3n) is 4.40. The molecule has 1 aliphatic carbocycles. The van der Waals surface area contributed by atoms with Crippen molar-refractivity contribution in [3.8, 4) is 0 Å². The van der Waals surface area contributed by atoms with Crippen LogP contribution in [0.1, 0.15) is 33.1 Å². The molecule has 2 aliphatic rings. The van der Waals surface area contributed by atoms with Crippen LogP contribution in [0.2, 0.25) is 0 Å². The molecule has 94 valence electrons. The number of amidine groups is 1. The minimum absolute atomic E-state index is 0.204. The maximum absolute atomic E-state index is 11.8. The molecule has 0 aromatic rings. The zero-order chi connectivity index (χ0) is 12.6. The number of rotatable bonds is 2. The van der Waals surface area contributed by atoms with Crippen LogP contribution in [0.3, 0.4) is 0 Å². The molecule has 1 saturated carbocycles. The summed E-state index contributed by atoms with van der Waals surface area (Å²) in [4.78, 5) is 17.6. The Morgan fingerprint density at radius 1 is 1.59 bits per heavy atom. The van der Waals surface area contributed by atoms with E-state index in [2.05, 4.69) is 25.4 Å². The Kier molecular flexibility index (Phi) is 2.98. The van der Waals surface area contributed by atoms with E-state index in [0.717, 1.165) is 19.3 Å². The highest BCUT2D eigenvalue weighted by molar-refractivity contribution is 6.06. The first kappa shape index (κ1) is 12.1. The molecule has 17 heavy (non-hydrogen) atoms. The minimum Gasteiger partial charge on any atom is -0.385 e. The van der Waals surface area contributed by atoms with Crippen molar-refractivity contribution in [3.05, 3.63) is 12.7 Å². The summed E-state index contributed by atoms with van der Waals surface area (Å²) in [5.41, 5.74) is 5.68. The van der Waals surface area contributed by atoms with Crippen LogP contribution in [0.15, 0.2) is 17.6 Å². The molecule has 4 heteroatoms. The number of hydrogen-bond donors (Lipinski definition) is 1. The molecule has 0 aromatic heterocycles. The largest absolute Gasteiger partial charge is 0.385 e. The first-order valence-electron chi connectivity index (χ1n) is 6.28. The normalized spacial score (nSPS) is 37.4. The van der Waals surface area contributed by atoms with Crippen LogP contribution in [-0.4, -0.2) is 28.9 Å². The first-order valence-corrected chi connectivity index (χ1v) is 6.28. The number of hydrogen-bond acceptors (Lipinski definition) is 2. The maximum atomic E-state index is 11.8. The predicted octanol–water partition coefficient (Wildman–Crippen LogP) is 2.16. The molecule has 1 fully saturated rings. The Morgan fingerprint density at radius 2 is 2.29 bits per heavy atom. The average Bonchev–Trinajstić information content (AvgIpc) is 2.49. The quantitative estimate of drug-likeness (QED) is 0.746. The van der Waals surface area contributed by atoms with Gasteiger partial charge in [-0.1, -0.05) is 19.9 Å². The van der Waals surface area contributed by atoms with Crippen LogP contribution >= 0.6 is 0 Å². The van der Waals surface area contributed by atoms with E-state index in [-0.39, 0.29) is 11.6 Å². The smallest absolute Gasteiger partial charge is 0.346 e. The maximum Gasteiger partial charge on any atom is 0.346 e. The molecule has 3 atom stereocenters. The number of nitrogens with two attached hydrogens (primary N) is 1. The predicted molar refractivity (Wildman–Crippen MR) is 68.8 cm³/mol. The summed E-state index contributed by atoms with van der Waals surface area (Å²) in [6.45, 7) is 8.74. The van der Waals surface area contributed by atoms with E-state index in [4.69, 9.17) is 5.73 Å². The average molecular weight is 235 g/mol. The van der Waals surface area contributed by atoms with Crippen molar-refractivity contribution in [1.29, 1.82) is 0 Å². The van der Waals surface area contributed by atoms with Gasteiger partial charge in [0.25, 0.3) is 0 Å². The fourth-order valence-corrected chi connectivity index (χ4v) is 3.04. The third kappa shape index (κ3) is 1.75. The van der Waals surface area contributed by atoms with E-state index < -0.39 is 0 Å². The van der Waals surface area contributed by atoms with Gasteiger partial charge in [-0.15, -0.1) is 6.58 Å². The molecule has 4 nitrogen and oxygen atoms in total. The van der Waals surface area contributed by atoms with Gasteiger partial charge in [-0.05, 0) is 31.1 Å². The number of nitrogens with zero attached hydrogens (tertiary/aromatic N) is 2. The number of aliphatic imine (C=N–C) groups is 1. The fraction of sp³-hybridized carbons (Fsp3) is 0.692. The van der Waals surface area contributed by atoms with Gasteiger partial charge in [0.2, 0.25) is 0 Å². The second kappa shape index (κ2) is 4.17. The summed E-state index contributed by atoms with van der Waals surface area (Å²) in [6.07, 6.45) is 4.69. The van der Waals surface area contributed by atoms with Gasteiger partial charge in [0.1, 0.15) is 11.4 Å². The van der Waals surface area contributed by atoms with Gasteiger partial charge in [-0.25, -0.2) is 4.79 Å². The molecule has 2 N–H and O–H groups in total. The highest BCUT2D eigenvalue weighted by atomic mass is 16.2. The molecule has 1 aliphatic heterocycles. The van der Waals surface area contributed by atoms with Gasteiger partial charge in [-0.2, -0.15) is 4.99 Å². The Hall–Kier alpha value is -1.32. The lowest BCUT2D eigenvalue weighted by atomic mass is 9.70. The van der Waals surface area contributed by atoms with E-state index in [1.54, 1.807) is 11.0 Å². The van der Waals surface area contributed by atoms with Crippen molar-refractivity contribution < 1.29 is 4.79 Å². The van der Waals surface area contributed by atoms with Gasteiger partial charge in [0.05, 0.1) is 0 Å². The molecular weight excluding hydrogens is 214 g/mol. The summed E-state index contributed by atoms with van der Waals surface area (Å²) >= 11 is 0. The summed E-state index contributed by atoms with van der Waals surface area (Å²) < 4.78 is 0. The SMILES string of the molecule is C=CCN1C(=O)N=C(N)C12CCC(C)C(C)C2. The van der Waals surface area contributed by atoms with Crippen molar-refractivity contribution >= 4 is 11.9 Å². The zero-order valence-electron chi connectivity index (χ0n) is 10.6.